The van der Waals surface area contributed by atoms with Gasteiger partial charge in [-0.3, -0.25) is 4.79 Å². The van der Waals surface area contributed by atoms with Gasteiger partial charge in [-0.05, 0) is 48.2 Å². The van der Waals surface area contributed by atoms with Crippen molar-refractivity contribution >= 4 is 28.1 Å². The van der Waals surface area contributed by atoms with Gasteiger partial charge >= 0.3 is 0 Å². The van der Waals surface area contributed by atoms with Gasteiger partial charge in [0.15, 0.2) is 5.69 Å². The van der Waals surface area contributed by atoms with Crippen molar-refractivity contribution in [2.45, 2.75) is 6.42 Å². The number of anilines is 2. The molecule has 1 fully saturated rings. The van der Waals surface area contributed by atoms with Crippen LogP contribution in [0.15, 0.2) is 48.8 Å². The first-order valence-electron chi connectivity index (χ1n) is 8.82. The van der Waals surface area contributed by atoms with Crippen LogP contribution in [0.25, 0.3) is 10.8 Å². The highest BCUT2D eigenvalue weighted by Crippen LogP contribution is 2.27. The van der Waals surface area contributed by atoms with Crippen LogP contribution in [-0.2, 0) is 4.74 Å². The number of benzene rings is 1. The van der Waals surface area contributed by atoms with Gasteiger partial charge in [-0.25, -0.2) is 9.97 Å². The summed E-state index contributed by atoms with van der Waals surface area (Å²) in [7, 11) is 0. The number of aromatic nitrogens is 2. The van der Waals surface area contributed by atoms with Gasteiger partial charge in [-0.1, -0.05) is 0 Å². The van der Waals surface area contributed by atoms with Crippen molar-refractivity contribution in [3.63, 3.8) is 0 Å². The topological polar surface area (TPSA) is 99.4 Å². The molecule has 4 rings (SSSR count). The van der Waals surface area contributed by atoms with Crippen LogP contribution < -0.4 is 15.8 Å². The predicted molar refractivity (Wildman–Crippen MR) is 103 cm³/mol. The van der Waals surface area contributed by atoms with Crippen LogP contribution in [0.4, 0.5) is 11.4 Å². The molecule has 1 aliphatic rings. The molecule has 138 valence electrons. The molecule has 3 aromatic rings. The summed E-state index contributed by atoms with van der Waals surface area (Å²) in [6.45, 7) is 2.11. The van der Waals surface area contributed by atoms with E-state index < -0.39 is 0 Å². The van der Waals surface area contributed by atoms with E-state index in [2.05, 4.69) is 15.3 Å². The number of nitrogens with one attached hydrogen (secondary N) is 1. The van der Waals surface area contributed by atoms with Gasteiger partial charge in [0, 0.05) is 36.0 Å². The van der Waals surface area contributed by atoms with Crippen LogP contribution in [0.5, 0.6) is 5.88 Å². The minimum Gasteiger partial charge on any atom is -0.477 e. The van der Waals surface area contributed by atoms with E-state index in [0.29, 0.717) is 29.8 Å². The van der Waals surface area contributed by atoms with Crippen molar-refractivity contribution < 1.29 is 14.3 Å². The fourth-order valence-corrected chi connectivity index (χ4v) is 3.05. The average molecular weight is 364 g/mol. The largest absolute Gasteiger partial charge is 0.477 e. The molecule has 2 aromatic heterocycles. The number of nitrogens with zero attached hydrogens (tertiary/aromatic N) is 2. The molecule has 1 atom stereocenters. The van der Waals surface area contributed by atoms with Crippen molar-refractivity contribution in [1.29, 1.82) is 0 Å². The van der Waals surface area contributed by atoms with E-state index in [9.17, 15) is 4.79 Å². The van der Waals surface area contributed by atoms with Crippen LogP contribution in [0.1, 0.15) is 16.9 Å². The second-order valence-corrected chi connectivity index (χ2v) is 6.49. The highest BCUT2D eigenvalue weighted by molar-refractivity contribution is 6.07. The second kappa shape index (κ2) is 7.59. The van der Waals surface area contributed by atoms with Crippen molar-refractivity contribution in [1.82, 2.24) is 9.97 Å². The lowest BCUT2D eigenvalue weighted by Crippen LogP contribution is -2.15. The normalized spacial score (nSPS) is 16.4. The van der Waals surface area contributed by atoms with Gasteiger partial charge < -0.3 is 20.5 Å². The summed E-state index contributed by atoms with van der Waals surface area (Å²) in [5.74, 6) is 0.648. The fraction of sp³-hybridized carbons (Fsp3) is 0.250. The highest BCUT2D eigenvalue weighted by Gasteiger charge is 2.17. The van der Waals surface area contributed by atoms with Crippen LogP contribution in [0.3, 0.4) is 0 Å². The maximum absolute atomic E-state index is 12.4. The van der Waals surface area contributed by atoms with Gasteiger partial charge in [0.1, 0.15) is 0 Å². The number of carbonyl (C=O) groups is 1. The lowest BCUT2D eigenvalue weighted by atomic mass is 10.1. The van der Waals surface area contributed by atoms with Gasteiger partial charge in [0.05, 0.1) is 18.9 Å². The first-order valence-corrected chi connectivity index (χ1v) is 8.82. The quantitative estimate of drug-likeness (QED) is 0.722. The molecule has 0 spiro atoms. The molecule has 1 amide bonds. The number of hydrogen-bond acceptors (Lipinski definition) is 6. The molecule has 0 unspecified atom stereocenters. The number of pyridine rings is 2. The minimum absolute atomic E-state index is 0.204. The standard InChI is InChI=1S/C20H20N4O3/c21-17-2-1-7-22-18(17)19(25)24-15-3-4-16-14(10-15)5-8-23-20(16)27-12-13-6-9-26-11-13/h1-5,7-8,10,13H,6,9,11-12,21H2,(H,24,25)/t13-/m0/s1. The molecule has 1 saturated heterocycles. The monoisotopic (exact) mass is 364 g/mol. The van der Waals surface area contributed by atoms with Gasteiger partial charge in [-0.2, -0.15) is 0 Å². The fourth-order valence-electron chi connectivity index (χ4n) is 3.05. The first kappa shape index (κ1) is 17.2. The van der Waals surface area contributed by atoms with Gasteiger partial charge in [0.25, 0.3) is 5.91 Å². The van der Waals surface area contributed by atoms with Gasteiger partial charge in [-0.15, -0.1) is 0 Å². The summed E-state index contributed by atoms with van der Waals surface area (Å²) in [6.07, 6.45) is 4.25. The Hall–Kier alpha value is -3.19. The molecule has 3 N–H and O–H groups in total. The smallest absolute Gasteiger partial charge is 0.276 e. The Morgan fingerprint density at radius 1 is 1.26 bits per heavy atom. The van der Waals surface area contributed by atoms with Crippen molar-refractivity contribution in [3.05, 3.63) is 54.5 Å². The Morgan fingerprint density at radius 2 is 2.19 bits per heavy atom. The lowest BCUT2D eigenvalue weighted by Gasteiger charge is -2.12. The summed E-state index contributed by atoms with van der Waals surface area (Å²) in [6, 6.07) is 10.8. The Morgan fingerprint density at radius 3 is 3.00 bits per heavy atom. The minimum atomic E-state index is -0.348. The average Bonchev–Trinajstić information content (AvgIpc) is 3.20. The third-order valence-electron chi connectivity index (χ3n) is 4.52. The Bertz CT molecular complexity index is 970. The number of rotatable bonds is 5. The molecule has 0 radical (unpaired) electrons. The van der Waals surface area contributed by atoms with E-state index in [1.807, 2.05) is 24.3 Å². The summed E-state index contributed by atoms with van der Waals surface area (Å²) < 4.78 is 11.3. The van der Waals surface area contributed by atoms with Crippen molar-refractivity contribution in [2.24, 2.45) is 5.92 Å². The molecule has 0 bridgehead atoms. The number of carbonyl (C=O) groups excluding carboxylic acids is 1. The van der Waals surface area contributed by atoms with Crippen LogP contribution in [-0.4, -0.2) is 35.7 Å². The molecule has 0 saturated carbocycles. The molecule has 27 heavy (non-hydrogen) atoms. The number of nitrogen functional groups attached to an aromatic ring is 1. The van der Waals surface area contributed by atoms with Crippen LogP contribution in [0, 0.1) is 5.92 Å². The van der Waals surface area contributed by atoms with Crippen molar-refractivity contribution in [3.8, 4) is 5.88 Å². The Kier molecular flexibility index (Phi) is 4.84. The zero-order valence-corrected chi connectivity index (χ0v) is 14.7. The predicted octanol–water partition coefficient (Wildman–Crippen LogP) is 2.88. The number of amides is 1. The lowest BCUT2D eigenvalue weighted by molar-refractivity contribution is 0.102. The third-order valence-corrected chi connectivity index (χ3v) is 4.52. The van der Waals surface area contributed by atoms with Crippen LogP contribution >= 0.6 is 0 Å². The maximum Gasteiger partial charge on any atom is 0.276 e. The van der Waals surface area contributed by atoms with E-state index in [0.717, 1.165) is 30.4 Å². The highest BCUT2D eigenvalue weighted by atomic mass is 16.5. The Labute approximate surface area is 156 Å². The second-order valence-electron chi connectivity index (χ2n) is 6.49. The van der Waals surface area contributed by atoms with Crippen LogP contribution in [0.2, 0.25) is 0 Å². The SMILES string of the molecule is Nc1cccnc1C(=O)Nc1ccc2c(OC[C@H]3CCOC3)nccc2c1. The molecular formula is C20H20N4O3. The van der Waals surface area contributed by atoms with E-state index in [-0.39, 0.29) is 11.6 Å². The first-order chi connectivity index (χ1) is 13.2. The number of hydrogen-bond donors (Lipinski definition) is 2. The summed E-state index contributed by atoms with van der Waals surface area (Å²) in [5.41, 5.74) is 7.01. The zero-order valence-electron chi connectivity index (χ0n) is 14.7. The van der Waals surface area contributed by atoms with Gasteiger partial charge in [0.2, 0.25) is 5.88 Å². The molecule has 1 aliphatic heterocycles. The van der Waals surface area contributed by atoms with E-state index >= 15 is 0 Å². The molecule has 7 nitrogen and oxygen atoms in total. The summed E-state index contributed by atoms with van der Waals surface area (Å²) in [4.78, 5) is 20.8. The molecule has 0 aliphatic carbocycles. The summed E-state index contributed by atoms with van der Waals surface area (Å²) in [5, 5.41) is 4.65. The molecule has 3 heterocycles. The van der Waals surface area contributed by atoms with Crippen molar-refractivity contribution in [2.75, 3.05) is 30.9 Å². The number of nitrogens with two attached hydrogens (primary N) is 1. The van der Waals surface area contributed by atoms with E-state index in [4.69, 9.17) is 15.2 Å². The van der Waals surface area contributed by atoms with E-state index in [1.54, 1.807) is 18.3 Å². The Balaban J connectivity index is 1.52. The third kappa shape index (κ3) is 3.83. The maximum atomic E-state index is 12.4. The summed E-state index contributed by atoms with van der Waals surface area (Å²) >= 11 is 0. The number of ether oxygens (including phenoxy) is 2. The molecule has 7 heteroatoms. The molecule has 1 aromatic carbocycles. The molecular weight excluding hydrogens is 344 g/mol. The van der Waals surface area contributed by atoms with E-state index in [1.165, 1.54) is 6.20 Å². The number of fused-ring (bicyclic) bond motifs is 1. The zero-order chi connectivity index (χ0) is 18.6.